The molecule has 0 spiro atoms. The minimum Gasteiger partial charge on any atom is -0.455 e. The molecule has 0 saturated heterocycles. The van der Waals surface area contributed by atoms with Crippen LogP contribution in [0.1, 0.15) is 0 Å². The van der Waals surface area contributed by atoms with Crippen LogP contribution in [0.5, 0.6) is 0 Å². The zero-order valence-corrected chi connectivity index (χ0v) is 28.0. The molecule has 0 bridgehead atoms. The number of benzene rings is 10. The number of hydrogen-bond acceptors (Lipinski definition) is 2. The Morgan fingerprint density at radius 3 is 1.31 bits per heavy atom. The van der Waals surface area contributed by atoms with Crippen LogP contribution in [0.2, 0.25) is 0 Å². The molecule has 52 heavy (non-hydrogen) atoms. The van der Waals surface area contributed by atoms with Crippen LogP contribution in [-0.4, -0.2) is 0 Å². The Morgan fingerprint density at radius 1 is 0.269 bits per heavy atom. The lowest BCUT2D eigenvalue weighted by atomic mass is 9.83. The normalized spacial score (nSPS) is 12.2. The predicted molar refractivity (Wildman–Crippen MR) is 219 cm³/mol. The average Bonchev–Trinajstić information content (AvgIpc) is 3.77. The highest BCUT2D eigenvalue weighted by atomic mass is 16.3. The summed E-state index contributed by atoms with van der Waals surface area (Å²) >= 11 is 0. The van der Waals surface area contributed by atoms with Crippen molar-refractivity contribution < 1.29 is 8.83 Å². The van der Waals surface area contributed by atoms with Gasteiger partial charge in [0.25, 0.3) is 0 Å². The molecule has 2 aromatic heterocycles. The van der Waals surface area contributed by atoms with Gasteiger partial charge in [-0.05, 0) is 89.3 Å². The van der Waals surface area contributed by atoms with Crippen molar-refractivity contribution in [1.82, 2.24) is 0 Å². The van der Waals surface area contributed by atoms with Crippen LogP contribution in [0, 0.1) is 0 Å². The van der Waals surface area contributed by atoms with E-state index in [4.69, 9.17) is 8.83 Å². The van der Waals surface area contributed by atoms with Gasteiger partial charge in [-0.2, -0.15) is 0 Å². The molecule has 0 radical (unpaired) electrons. The number of para-hydroxylation sites is 2. The van der Waals surface area contributed by atoms with Gasteiger partial charge in [0.05, 0.1) is 5.56 Å². The van der Waals surface area contributed by atoms with Gasteiger partial charge < -0.3 is 8.83 Å². The van der Waals surface area contributed by atoms with E-state index in [1.165, 1.54) is 54.2 Å². The third kappa shape index (κ3) is 3.68. The Hall–Kier alpha value is -6.90. The molecule has 12 rings (SSSR count). The summed E-state index contributed by atoms with van der Waals surface area (Å²) < 4.78 is 13.7. The first kappa shape index (κ1) is 27.9. The monoisotopic (exact) mass is 660 g/mol. The summed E-state index contributed by atoms with van der Waals surface area (Å²) in [4.78, 5) is 0. The lowest BCUT2D eigenvalue weighted by Gasteiger charge is -2.20. The average molecular weight is 661 g/mol. The van der Waals surface area contributed by atoms with E-state index >= 15 is 0 Å². The second kappa shape index (κ2) is 10.3. The molecule has 0 unspecified atom stereocenters. The van der Waals surface area contributed by atoms with Gasteiger partial charge in [0, 0.05) is 27.1 Å². The van der Waals surface area contributed by atoms with E-state index in [2.05, 4.69) is 158 Å². The molecule has 0 amide bonds. The van der Waals surface area contributed by atoms with Crippen molar-refractivity contribution in [2.24, 2.45) is 0 Å². The van der Waals surface area contributed by atoms with Crippen molar-refractivity contribution >= 4 is 97.7 Å². The van der Waals surface area contributed by atoms with E-state index < -0.39 is 0 Å². The Kier molecular flexibility index (Phi) is 5.53. The molecule has 240 valence electrons. The quantitative estimate of drug-likeness (QED) is 0.136. The van der Waals surface area contributed by atoms with Gasteiger partial charge in [-0.1, -0.05) is 146 Å². The number of fused-ring (bicyclic) bond motifs is 13. The molecule has 0 aliphatic rings. The molecule has 0 aliphatic heterocycles. The molecular weight excluding hydrogens is 633 g/mol. The summed E-state index contributed by atoms with van der Waals surface area (Å²) in [6.45, 7) is 0. The maximum absolute atomic E-state index is 6.84. The molecule has 0 N–H and O–H groups in total. The Balaban J connectivity index is 1.29. The molecule has 0 fully saturated rings. The minimum atomic E-state index is 0.846. The lowest BCUT2D eigenvalue weighted by Crippen LogP contribution is -1.93. The number of rotatable bonds is 2. The van der Waals surface area contributed by atoms with Gasteiger partial charge in [0.2, 0.25) is 0 Å². The zero-order chi connectivity index (χ0) is 33.9. The third-order valence-electron chi connectivity index (χ3n) is 11.2. The molecule has 0 aliphatic carbocycles. The fraction of sp³-hybridized carbons (Fsp3) is 0. The van der Waals surface area contributed by atoms with Crippen LogP contribution in [-0.2, 0) is 0 Å². The van der Waals surface area contributed by atoms with Crippen LogP contribution in [0.15, 0.2) is 179 Å². The Labute approximate surface area is 297 Å². The highest BCUT2D eigenvalue weighted by Crippen LogP contribution is 2.51. The summed E-state index contributed by atoms with van der Waals surface area (Å²) in [5, 5.41) is 16.7. The predicted octanol–water partition coefficient (Wildman–Crippen LogP) is 14.6. The third-order valence-corrected chi connectivity index (χ3v) is 11.2. The first-order chi connectivity index (χ1) is 25.8. The van der Waals surface area contributed by atoms with E-state index in [-0.39, 0.29) is 0 Å². The molecule has 2 heteroatoms. The van der Waals surface area contributed by atoms with Crippen LogP contribution in [0.3, 0.4) is 0 Å². The van der Waals surface area contributed by atoms with Crippen molar-refractivity contribution in [2.45, 2.75) is 0 Å². The maximum atomic E-state index is 6.84. The van der Waals surface area contributed by atoms with Gasteiger partial charge in [0.1, 0.15) is 22.3 Å². The molecule has 10 aromatic carbocycles. The van der Waals surface area contributed by atoms with Crippen LogP contribution >= 0.6 is 0 Å². The molecule has 12 aromatic rings. The van der Waals surface area contributed by atoms with Crippen LogP contribution in [0.25, 0.3) is 120 Å². The smallest absolute Gasteiger partial charge is 0.147 e. The van der Waals surface area contributed by atoms with Crippen LogP contribution < -0.4 is 0 Å². The van der Waals surface area contributed by atoms with Gasteiger partial charge in [-0.25, -0.2) is 0 Å². The van der Waals surface area contributed by atoms with Gasteiger partial charge >= 0.3 is 0 Å². The maximum Gasteiger partial charge on any atom is 0.147 e. The van der Waals surface area contributed by atoms with E-state index in [0.29, 0.717) is 0 Å². The number of hydrogen-bond donors (Lipinski definition) is 0. The SMILES string of the molecule is c1ccc2c(c1)ccc1cc(-c3c4ccccc4c(-c4c5oc6ccccc6c5cc5c4oc4ccccc45)c4ccccc34)c3ccccc3c12. The van der Waals surface area contributed by atoms with E-state index in [1.54, 1.807) is 0 Å². The highest BCUT2D eigenvalue weighted by molar-refractivity contribution is 6.32. The summed E-state index contributed by atoms with van der Waals surface area (Å²) in [7, 11) is 0. The second-order valence-corrected chi connectivity index (χ2v) is 13.9. The van der Waals surface area contributed by atoms with Crippen molar-refractivity contribution in [3.05, 3.63) is 170 Å². The summed E-state index contributed by atoms with van der Waals surface area (Å²) in [5.41, 5.74) is 8.02. The summed E-state index contributed by atoms with van der Waals surface area (Å²) in [5.74, 6) is 0. The Bertz CT molecular complexity index is 3320. The summed E-state index contributed by atoms with van der Waals surface area (Å²) in [6, 6.07) is 61.3. The largest absolute Gasteiger partial charge is 0.455 e. The van der Waals surface area contributed by atoms with Crippen molar-refractivity contribution in [3.8, 4) is 22.3 Å². The van der Waals surface area contributed by atoms with Gasteiger partial charge in [-0.3, -0.25) is 0 Å². The second-order valence-electron chi connectivity index (χ2n) is 13.9. The molecular formula is C50H28O2. The van der Waals surface area contributed by atoms with Crippen LogP contribution in [0.4, 0.5) is 0 Å². The lowest BCUT2D eigenvalue weighted by molar-refractivity contribution is 0.658. The fourth-order valence-corrected chi connectivity index (χ4v) is 9.04. The standard InChI is InChI=1S/C50H28O2/c1-2-14-31-29(13-1)25-26-30-27-40(32-15-3-4-18-35(32)45(30)31)46-36-19-5-7-21-38(36)47(39-22-8-6-20-37(39)46)48-49-41(33-16-9-11-23-43(33)51-49)28-42-34-17-10-12-24-44(34)52-50(42)48/h1-28H. The topological polar surface area (TPSA) is 26.3 Å². The van der Waals surface area contributed by atoms with E-state index in [0.717, 1.165) is 65.8 Å². The fourth-order valence-electron chi connectivity index (χ4n) is 9.04. The molecule has 2 heterocycles. The highest BCUT2D eigenvalue weighted by Gasteiger charge is 2.26. The van der Waals surface area contributed by atoms with Crippen molar-refractivity contribution in [2.75, 3.05) is 0 Å². The van der Waals surface area contributed by atoms with Crippen molar-refractivity contribution in [1.29, 1.82) is 0 Å². The summed E-state index contributed by atoms with van der Waals surface area (Å²) in [6.07, 6.45) is 0. The zero-order valence-electron chi connectivity index (χ0n) is 28.0. The Morgan fingerprint density at radius 2 is 0.712 bits per heavy atom. The minimum absolute atomic E-state index is 0.846. The molecule has 0 atom stereocenters. The first-order valence-electron chi connectivity index (χ1n) is 17.8. The van der Waals surface area contributed by atoms with Crippen molar-refractivity contribution in [3.63, 3.8) is 0 Å². The number of furan rings is 2. The van der Waals surface area contributed by atoms with E-state index in [9.17, 15) is 0 Å². The molecule has 0 saturated carbocycles. The van der Waals surface area contributed by atoms with Gasteiger partial charge in [0.15, 0.2) is 0 Å². The molecule has 2 nitrogen and oxygen atoms in total. The first-order valence-corrected chi connectivity index (χ1v) is 17.8. The van der Waals surface area contributed by atoms with Gasteiger partial charge in [-0.15, -0.1) is 0 Å². The van der Waals surface area contributed by atoms with E-state index in [1.807, 2.05) is 12.1 Å².